The molecule has 1 aliphatic carbocycles. The van der Waals surface area contributed by atoms with Crippen LogP contribution in [0.15, 0.2) is 30.6 Å². The fraction of sp³-hybridized carbons (Fsp3) is 0.474. The van der Waals surface area contributed by atoms with Gasteiger partial charge in [0, 0.05) is 0 Å². The summed E-state index contributed by atoms with van der Waals surface area (Å²) >= 11 is 0. The predicted octanol–water partition coefficient (Wildman–Crippen LogP) is 4.04. The monoisotopic (exact) mass is 324 g/mol. The number of nitrogens with zero attached hydrogens (tertiary/aromatic N) is 2. The van der Waals surface area contributed by atoms with Gasteiger partial charge >= 0.3 is 0 Å². The second kappa shape index (κ2) is 6.30. The van der Waals surface area contributed by atoms with Gasteiger partial charge in [-0.05, 0) is 36.8 Å². The Bertz CT molecular complexity index is 710. The Balaban J connectivity index is 1.56. The van der Waals surface area contributed by atoms with Gasteiger partial charge in [0.25, 0.3) is 0 Å². The van der Waals surface area contributed by atoms with Crippen LogP contribution in [0.25, 0.3) is 0 Å². The van der Waals surface area contributed by atoms with Crippen molar-refractivity contribution in [3.63, 3.8) is 0 Å². The lowest BCUT2D eigenvalue weighted by atomic mass is 9.83. The lowest BCUT2D eigenvalue weighted by Gasteiger charge is -2.33. The van der Waals surface area contributed by atoms with Crippen molar-refractivity contribution < 1.29 is 4.74 Å². The molecule has 5 nitrogen and oxygen atoms in total. The Morgan fingerprint density at radius 2 is 1.75 bits per heavy atom. The van der Waals surface area contributed by atoms with E-state index in [9.17, 15) is 0 Å². The van der Waals surface area contributed by atoms with E-state index in [1.165, 1.54) is 49.6 Å². The molecule has 1 aliphatic heterocycles. The molecule has 0 spiro atoms. The number of fused-ring (bicyclic) bond motifs is 1. The minimum Gasteiger partial charge on any atom is -0.470 e. The standard InChI is InChI=1S/C19H24N4O/c1-12-16(23-17-18(20)21-11-22-19(17)24-12)15-9-7-14(8-10-15)13-5-3-2-4-6-13/h7-13,16,23H,2-6H2,1H3,(H2,20,21,22). The number of benzene rings is 1. The molecule has 5 heteroatoms. The van der Waals surface area contributed by atoms with Crippen LogP contribution in [0.3, 0.4) is 0 Å². The summed E-state index contributed by atoms with van der Waals surface area (Å²) in [5.41, 5.74) is 9.32. The Morgan fingerprint density at radius 3 is 2.50 bits per heavy atom. The summed E-state index contributed by atoms with van der Waals surface area (Å²) in [4.78, 5) is 8.20. The second-order valence-corrected chi connectivity index (χ2v) is 6.89. The molecule has 1 saturated carbocycles. The molecule has 2 aliphatic rings. The molecule has 2 atom stereocenters. The lowest BCUT2D eigenvalue weighted by molar-refractivity contribution is 0.179. The van der Waals surface area contributed by atoms with Crippen molar-refractivity contribution in [1.29, 1.82) is 0 Å². The number of aromatic nitrogens is 2. The van der Waals surface area contributed by atoms with Gasteiger partial charge in [-0.3, -0.25) is 0 Å². The average Bonchev–Trinajstić information content (AvgIpc) is 2.62. The van der Waals surface area contributed by atoms with Crippen molar-refractivity contribution in [1.82, 2.24) is 9.97 Å². The van der Waals surface area contributed by atoms with E-state index in [-0.39, 0.29) is 12.1 Å². The first-order valence-electron chi connectivity index (χ1n) is 8.86. The van der Waals surface area contributed by atoms with Gasteiger partial charge in [-0.25, -0.2) is 4.98 Å². The Kier molecular flexibility index (Phi) is 4.00. The van der Waals surface area contributed by atoms with Crippen molar-refractivity contribution in [3.8, 4) is 5.88 Å². The van der Waals surface area contributed by atoms with Crippen LogP contribution in [0.5, 0.6) is 5.88 Å². The Morgan fingerprint density at radius 1 is 1.04 bits per heavy atom. The van der Waals surface area contributed by atoms with Crippen molar-refractivity contribution in [2.24, 2.45) is 0 Å². The van der Waals surface area contributed by atoms with Gasteiger partial charge in [0.05, 0.1) is 6.04 Å². The molecular formula is C19H24N4O. The summed E-state index contributed by atoms with van der Waals surface area (Å²) in [6.45, 7) is 2.05. The zero-order valence-corrected chi connectivity index (χ0v) is 14.0. The molecule has 1 aromatic carbocycles. The second-order valence-electron chi connectivity index (χ2n) is 6.89. The third-order valence-corrected chi connectivity index (χ3v) is 5.28. The molecule has 126 valence electrons. The first kappa shape index (κ1) is 15.2. The molecule has 0 saturated heterocycles. The van der Waals surface area contributed by atoms with Crippen LogP contribution in [-0.4, -0.2) is 16.1 Å². The highest BCUT2D eigenvalue weighted by Crippen LogP contribution is 2.39. The molecule has 3 N–H and O–H groups in total. The maximum Gasteiger partial charge on any atom is 0.243 e. The van der Waals surface area contributed by atoms with Crippen LogP contribution in [0.4, 0.5) is 11.5 Å². The highest BCUT2D eigenvalue weighted by Gasteiger charge is 2.30. The number of hydrogen-bond donors (Lipinski definition) is 2. The van der Waals surface area contributed by atoms with Crippen LogP contribution in [0, 0.1) is 0 Å². The maximum atomic E-state index is 5.96. The molecule has 2 aromatic rings. The minimum absolute atomic E-state index is 0.0210. The number of rotatable bonds is 2. The smallest absolute Gasteiger partial charge is 0.243 e. The summed E-state index contributed by atoms with van der Waals surface area (Å²) in [6, 6.07) is 9.03. The molecular weight excluding hydrogens is 300 g/mol. The van der Waals surface area contributed by atoms with Gasteiger partial charge in [0.15, 0.2) is 5.82 Å². The van der Waals surface area contributed by atoms with E-state index >= 15 is 0 Å². The van der Waals surface area contributed by atoms with E-state index in [0.29, 0.717) is 17.4 Å². The van der Waals surface area contributed by atoms with E-state index in [1.807, 2.05) is 6.92 Å². The number of nitrogens with two attached hydrogens (primary N) is 1. The van der Waals surface area contributed by atoms with E-state index in [1.54, 1.807) is 0 Å². The van der Waals surface area contributed by atoms with Crippen molar-refractivity contribution in [2.75, 3.05) is 11.1 Å². The van der Waals surface area contributed by atoms with Crippen LogP contribution < -0.4 is 15.8 Å². The van der Waals surface area contributed by atoms with Gasteiger partial charge in [0.2, 0.25) is 5.88 Å². The third-order valence-electron chi connectivity index (χ3n) is 5.28. The van der Waals surface area contributed by atoms with Crippen LogP contribution >= 0.6 is 0 Å². The van der Waals surface area contributed by atoms with Crippen LogP contribution in [-0.2, 0) is 0 Å². The maximum absolute atomic E-state index is 5.96. The summed E-state index contributed by atoms with van der Waals surface area (Å²) in [5, 5.41) is 3.46. The molecule has 0 radical (unpaired) electrons. The van der Waals surface area contributed by atoms with E-state index < -0.39 is 0 Å². The minimum atomic E-state index is -0.0210. The fourth-order valence-electron chi connectivity index (χ4n) is 3.89. The number of anilines is 2. The first-order chi connectivity index (χ1) is 11.7. The normalized spacial score (nSPS) is 23.9. The van der Waals surface area contributed by atoms with Crippen molar-refractivity contribution in [3.05, 3.63) is 41.7 Å². The molecule has 2 unspecified atom stereocenters. The van der Waals surface area contributed by atoms with Gasteiger partial charge in [-0.2, -0.15) is 4.98 Å². The Hall–Kier alpha value is -2.30. The summed E-state index contributed by atoms with van der Waals surface area (Å²) in [6.07, 6.45) is 8.16. The van der Waals surface area contributed by atoms with Crippen molar-refractivity contribution in [2.45, 2.75) is 57.1 Å². The van der Waals surface area contributed by atoms with E-state index in [0.717, 1.165) is 5.92 Å². The molecule has 0 amide bonds. The summed E-state index contributed by atoms with van der Waals surface area (Å²) in [5.74, 6) is 1.69. The highest BCUT2D eigenvalue weighted by atomic mass is 16.5. The van der Waals surface area contributed by atoms with Crippen LogP contribution in [0.2, 0.25) is 0 Å². The molecule has 4 rings (SSSR count). The van der Waals surface area contributed by atoms with Gasteiger partial charge < -0.3 is 15.8 Å². The number of nitrogens with one attached hydrogen (secondary N) is 1. The van der Waals surface area contributed by atoms with Gasteiger partial charge in [-0.1, -0.05) is 43.5 Å². The van der Waals surface area contributed by atoms with Gasteiger partial charge in [0.1, 0.15) is 18.1 Å². The first-order valence-corrected chi connectivity index (χ1v) is 8.86. The van der Waals surface area contributed by atoms with E-state index in [4.69, 9.17) is 10.5 Å². The lowest BCUT2D eigenvalue weighted by Crippen LogP contribution is -2.33. The zero-order valence-electron chi connectivity index (χ0n) is 14.0. The molecule has 1 fully saturated rings. The quantitative estimate of drug-likeness (QED) is 0.872. The fourth-order valence-corrected chi connectivity index (χ4v) is 3.89. The van der Waals surface area contributed by atoms with Crippen LogP contribution in [0.1, 0.15) is 62.1 Å². The van der Waals surface area contributed by atoms with E-state index in [2.05, 4.69) is 39.6 Å². The highest BCUT2D eigenvalue weighted by molar-refractivity contribution is 5.69. The topological polar surface area (TPSA) is 73.1 Å². The largest absolute Gasteiger partial charge is 0.470 e. The van der Waals surface area contributed by atoms with Gasteiger partial charge in [-0.15, -0.1) is 0 Å². The third kappa shape index (κ3) is 2.79. The van der Waals surface area contributed by atoms with Crippen molar-refractivity contribution >= 4 is 11.5 Å². The number of hydrogen-bond acceptors (Lipinski definition) is 5. The molecule has 0 bridgehead atoms. The molecule has 2 heterocycles. The molecule has 24 heavy (non-hydrogen) atoms. The number of nitrogen functional groups attached to an aromatic ring is 1. The Labute approximate surface area is 142 Å². The zero-order chi connectivity index (χ0) is 16.5. The summed E-state index contributed by atoms with van der Waals surface area (Å²) in [7, 11) is 0. The summed E-state index contributed by atoms with van der Waals surface area (Å²) < 4.78 is 5.93. The SMILES string of the molecule is CC1Oc2ncnc(N)c2NC1c1ccc(C2CCCCC2)cc1. The number of ether oxygens (including phenoxy) is 1. The predicted molar refractivity (Wildman–Crippen MR) is 95.2 cm³/mol. The average molecular weight is 324 g/mol. The molecule has 1 aromatic heterocycles.